The van der Waals surface area contributed by atoms with E-state index >= 15 is 0 Å². The van der Waals surface area contributed by atoms with Crippen LogP contribution in [-0.2, 0) is 4.74 Å². The molecule has 2 N–H and O–H groups in total. The van der Waals surface area contributed by atoms with Crippen LogP contribution in [0.4, 0.5) is 10.1 Å². The van der Waals surface area contributed by atoms with Crippen LogP contribution in [0.3, 0.4) is 0 Å². The predicted molar refractivity (Wildman–Crippen MR) is 80.1 cm³/mol. The van der Waals surface area contributed by atoms with E-state index in [9.17, 15) is 14.0 Å². The van der Waals surface area contributed by atoms with E-state index < -0.39 is 11.7 Å². The normalized spacial score (nSPS) is 21.6. The Kier molecular flexibility index (Phi) is 3.77. The van der Waals surface area contributed by atoms with Crippen LogP contribution in [0.2, 0.25) is 0 Å². The van der Waals surface area contributed by atoms with E-state index in [1.54, 1.807) is 4.90 Å². The number of rotatable bonds is 3. The van der Waals surface area contributed by atoms with E-state index in [0.29, 0.717) is 19.4 Å². The molecular formula is C15H16FN3O4. The maximum atomic E-state index is 14.9. The molecule has 1 saturated heterocycles. The van der Waals surface area contributed by atoms with E-state index in [1.807, 2.05) is 13.8 Å². The number of anilines is 1. The van der Waals surface area contributed by atoms with Crippen LogP contribution in [0.1, 0.15) is 34.7 Å². The fourth-order valence-electron chi connectivity index (χ4n) is 3.00. The number of carbonyl (C=O) groups excluding carboxylic acids is 2. The molecule has 0 radical (unpaired) electrons. The van der Waals surface area contributed by atoms with Gasteiger partial charge in [-0.1, -0.05) is 5.16 Å². The smallest absolute Gasteiger partial charge is 0.271 e. The lowest BCUT2D eigenvalue weighted by atomic mass is 10.1. The summed E-state index contributed by atoms with van der Waals surface area (Å²) in [5.41, 5.74) is 5.04. The Bertz CT molecular complexity index is 779. The minimum atomic E-state index is -0.846. The van der Waals surface area contributed by atoms with E-state index in [0.717, 1.165) is 0 Å². The summed E-state index contributed by atoms with van der Waals surface area (Å²) in [6, 6.07) is 1.38. The third-order valence-electron chi connectivity index (χ3n) is 3.80. The molecule has 122 valence electrons. The van der Waals surface area contributed by atoms with Crippen LogP contribution in [0.15, 0.2) is 10.6 Å². The number of benzene rings is 1. The van der Waals surface area contributed by atoms with Gasteiger partial charge >= 0.3 is 0 Å². The second-order valence-electron chi connectivity index (χ2n) is 5.68. The SMILES string of the molecule is CC1CN(c2c(C=O)cc3c(C(N)=O)noc3c2F)CC(C)O1. The van der Waals surface area contributed by atoms with Crippen molar-refractivity contribution in [1.29, 1.82) is 0 Å². The molecule has 1 aliphatic heterocycles. The van der Waals surface area contributed by atoms with Crippen molar-refractivity contribution in [3.63, 3.8) is 0 Å². The number of fused-ring (bicyclic) bond motifs is 1. The molecule has 2 heterocycles. The molecule has 1 aromatic carbocycles. The molecule has 23 heavy (non-hydrogen) atoms. The first kappa shape index (κ1) is 15.4. The molecule has 2 unspecified atom stereocenters. The molecule has 0 spiro atoms. The zero-order valence-corrected chi connectivity index (χ0v) is 12.7. The fourth-order valence-corrected chi connectivity index (χ4v) is 3.00. The number of primary amides is 1. The van der Waals surface area contributed by atoms with Crippen molar-refractivity contribution in [1.82, 2.24) is 5.16 Å². The Morgan fingerprint density at radius 1 is 1.43 bits per heavy atom. The Hall–Kier alpha value is -2.48. The molecule has 1 aliphatic rings. The molecule has 8 heteroatoms. The quantitative estimate of drug-likeness (QED) is 0.860. The number of ether oxygens (including phenoxy) is 1. The summed E-state index contributed by atoms with van der Waals surface area (Å²) in [5.74, 6) is -1.58. The lowest BCUT2D eigenvalue weighted by Crippen LogP contribution is -2.46. The number of nitrogens with zero attached hydrogens (tertiary/aromatic N) is 2. The van der Waals surface area contributed by atoms with Crippen molar-refractivity contribution < 1.29 is 23.2 Å². The van der Waals surface area contributed by atoms with Crippen LogP contribution in [0.25, 0.3) is 11.0 Å². The van der Waals surface area contributed by atoms with Gasteiger partial charge in [-0.3, -0.25) is 9.59 Å². The zero-order valence-electron chi connectivity index (χ0n) is 12.7. The second-order valence-corrected chi connectivity index (χ2v) is 5.68. The summed E-state index contributed by atoms with van der Waals surface area (Å²) in [5, 5.41) is 3.59. The monoisotopic (exact) mass is 321 g/mol. The predicted octanol–water partition coefficient (Wildman–Crippen LogP) is 1.49. The molecule has 1 aromatic heterocycles. The number of halogens is 1. The highest BCUT2D eigenvalue weighted by Gasteiger charge is 2.29. The highest BCUT2D eigenvalue weighted by molar-refractivity contribution is 6.06. The third kappa shape index (κ3) is 2.55. The van der Waals surface area contributed by atoms with Gasteiger partial charge in [0, 0.05) is 18.7 Å². The average Bonchev–Trinajstić information content (AvgIpc) is 2.90. The van der Waals surface area contributed by atoms with Crippen LogP contribution in [0.5, 0.6) is 0 Å². The minimum absolute atomic E-state index is 0.0928. The zero-order chi connectivity index (χ0) is 16.7. The summed E-state index contributed by atoms with van der Waals surface area (Å²) in [7, 11) is 0. The number of amides is 1. The maximum absolute atomic E-state index is 14.9. The van der Waals surface area contributed by atoms with Gasteiger partial charge in [0.1, 0.15) is 0 Å². The van der Waals surface area contributed by atoms with Crippen LogP contribution >= 0.6 is 0 Å². The maximum Gasteiger partial charge on any atom is 0.271 e. The van der Waals surface area contributed by atoms with Crippen molar-refractivity contribution in [2.75, 3.05) is 18.0 Å². The molecule has 3 rings (SSSR count). The highest BCUT2D eigenvalue weighted by atomic mass is 19.1. The molecule has 1 fully saturated rings. The summed E-state index contributed by atoms with van der Waals surface area (Å²) >= 11 is 0. The number of morpholine rings is 1. The Balaban J connectivity index is 2.18. The van der Waals surface area contributed by atoms with Gasteiger partial charge in [0.15, 0.2) is 17.8 Å². The van der Waals surface area contributed by atoms with Gasteiger partial charge < -0.3 is 19.9 Å². The van der Waals surface area contributed by atoms with Gasteiger partial charge in [0.2, 0.25) is 5.58 Å². The largest absolute Gasteiger partial charge is 0.372 e. The minimum Gasteiger partial charge on any atom is -0.372 e. The summed E-state index contributed by atoms with van der Waals surface area (Å²) in [6.07, 6.45) is 0.328. The molecule has 7 nitrogen and oxygen atoms in total. The number of aldehydes is 1. The van der Waals surface area contributed by atoms with Crippen LogP contribution in [-0.4, -0.2) is 42.6 Å². The standard InChI is InChI=1S/C15H16FN3O4/c1-7-4-19(5-8(2)22-7)13-9(6-20)3-10-12(15(17)21)18-23-14(10)11(13)16/h3,6-8H,4-5H2,1-2H3,(H2,17,21). The van der Waals surface area contributed by atoms with Crippen molar-refractivity contribution in [3.05, 3.63) is 23.1 Å². The van der Waals surface area contributed by atoms with Crippen molar-refractivity contribution in [2.45, 2.75) is 26.1 Å². The Labute approximate surface area is 131 Å². The molecule has 1 amide bonds. The first-order valence-electron chi connectivity index (χ1n) is 7.19. The van der Waals surface area contributed by atoms with E-state index in [-0.39, 0.29) is 40.1 Å². The van der Waals surface area contributed by atoms with Crippen molar-refractivity contribution >= 4 is 28.8 Å². The number of hydrogen-bond donors (Lipinski definition) is 1. The third-order valence-corrected chi connectivity index (χ3v) is 3.80. The van der Waals surface area contributed by atoms with Crippen molar-refractivity contribution in [2.24, 2.45) is 5.73 Å². The molecular weight excluding hydrogens is 305 g/mol. The second kappa shape index (κ2) is 5.62. The van der Waals surface area contributed by atoms with Gasteiger partial charge in [-0.2, -0.15) is 0 Å². The molecule has 2 atom stereocenters. The summed E-state index contributed by atoms with van der Waals surface area (Å²) in [4.78, 5) is 24.5. The first-order chi connectivity index (χ1) is 10.9. The number of aromatic nitrogens is 1. The van der Waals surface area contributed by atoms with Gasteiger partial charge in [-0.05, 0) is 19.9 Å². The number of hydrogen-bond acceptors (Lipinski definition) is 6. The molecule has 2 aromatic rings. The summed E-state index contributed by atoms with van der Waals surface area (Å²) in [6.45, 7) is 4.62. The van der Waals surface area contributed by atoms with Gasteiger partial charge in [-0.25, -0.2) is 4.39 Å². The Morgan fingerprint density at radius 3 is 2.65 bits per heavy atom. The van der Waals surface area contributed by atoms with Gasteiger partial charge in [0.05, 0.1) is 23.3 Å². The van der Waals surface area contributed by atoms with Gasteiger partial charge in [0.25, 0.3) is 5.91 Å². The Morgan fingerprint density at radius 2 is 2.09 bits per heavy atom. The van der Waals surface area contributed by atoms with E-state index in [1.165, 1.54) is 6.07 Å². The fraction of sp³-hybridized carbons (Fsp3) is 0.400. The topological polar surface area (TPSA) is 98.7 Å². The first-order valence-corrected chi connectivity index (χ1v) is 7.19. The lowest BCUT2D eigenvalue weighted by Gasteiger charge is -2.37. The van der Waals surface area contributed by atoms with Crippen LogP contribution in [0, 0.1) is 5.82 Å². The van der Waals surface area contributed by atoms with Crippen LogP contribution < -0.4 is 10.6 Å². The molecule has 0 aliphatic carbocycles. The number of nitrogens with two attached hydrogens (primary N) is 1. The lowest BCUT2D eigenvalue weighted by molar-refractivity contribution is -0.00543. The van der Waals surface area contributed by atoms with Gasteiger partial charge in [-0.15, -0.1) is 0 Å². The molecule has 0 bridgehead atoms. The summed E-state index contributed by atoms with van der Waals surface area (Å²) < 4.78 is 25.5. The number of carbonyl (C=O) groups is 2. The average molecular weight is 321 g/mol. The van der Waals surface area contributed by atoms with Crippen molar-refractivity contribution in [3.8, 4) is 0 Å². The molecule has 0 saturated carbocycles. The van der Waals surface area contributed by atoms with E-state index in [4.69, 9.17) is 15.0 Å². The van der Waals surface area contributed by atoms with E-state index in [2.05, 4.69) is 5.16 Å². The highest BCUT2D eigenvalue weighted by Crippen LogP contribution is 2.34.